The summed E-state index contributed by atoms with van der Waals surface area (Å²) in [5.41, 5.74) is 4.36. The monoisotopic (exact) mass is 400 g/mol. The van der Waals surface area contributed by atoms with Gasteiger partial charge in [-0.3, -0.25) is 0 Å². The highest BCUT2D eigenvalue weighted by Gasteiger charge is 2.59. The van der Waals surface area contributed by atoms with E-state index in [0.717, 1.165) is 42.8 Å². The van der Waals surface area contributed by atoms with Crippen LogP contribution in [0.25, 0.3) is 11.8 Å². The predicted octanol–water partition coefficient (Wildman–Crippen LogP) is 4.62. The summed E-state index contributed by atoms with van der Waals surface area (Å²) in [5.74, 6) is 0.192. The minimum absolute atomic E-state index is 0.162. The van der Waals surface area contributed by atoms with E-state index in [4.69, 9.17) is 9.47 Å². The molecule has 0 bridgehead atoms. The zero-order chi connectivity index (χ0) is 19.4. The third kappa shape index (κ3) is 2.69. The molecule has 0 radical (unpaired) electrons. The number of benzene rings is 1. The molecule has 0 amide bonds. The summed E-state index contributed by atoms with van der Waals surface area (Å²) in [6, 6.07) is 6.50. The third-order valence-corrected chi connectivity index (χ3v) is 7.23. The largest absolute Gasteiger partial charge is 0.346 e. The molecule has 28 heavy (non-hydrogen) atoms. The van der Waals surface area contributed by atoms with Crippen molar-refractivity contribution in [2.45, 2.75) is 44.5 Å². The molecule has 1 aromatic heterocycles. The van der Waals surface area contributed by atoms with Crippen molar-refractivity contribution in [3.63, 3.8) is 0 Å². The molecule has 2 heterocycles. The Balaban J connectivity index is 1.53. The lowest BCUT2D eigenvalue weighted by molar-refractivity contribution is -0.240. The number of rotatable bonds is 3. The summed E-state index contributed by atoms with van der Waals surface area (Å²) in [5, 5.41) is 4.61. The van der Waals surface area contributed by atoms with E-state index < -0.39 is 5.79 Å². The summed E-state index contributed by atoms with van der Waals surface area (Å²) in [7, 11) is 0. The molecular weight excluding hydrogens is 375 g/mol. The number of fused-ring (bicyclic) bond motifs is 3. The van der Waals surface area contributed by atoms with Crippen molar-refractivity contribution >= 4 is 17.8 Å². The lowest BCUT2D eigenvalue weighted by Gasteiger charge is -2.51. The van der Waals surface area contributed by atoms with Gasteiger partial charge in [0.05, 0.1) is 30.3 Å². The SMILES string of the molecule is CSCC1COC2(CCCC3=Cc4c(cnn4-c4ccc(F)cc4)C[C@@]32C)O1. The van der Waals surface area contributed by atoms with Crippen molar-refractivity contribution in [2.75, 3.05) is 18.6 Å². The summed E-state index contributed by atoms with van der Waals surface area (Å²) in [6.07, 6.45) is 10.4. The van der Waals surface area contributed by atoms with E-state index in [1.807, 2.05) is 10.9 Å². The third-order valence-electron chi connectivity index (χ3n) is 6.53. The molecule has 1 aromatic carbocycles. The Labute approximate surface area is 169 Å². The summed E-state index contributed by atoms with van der Waals surface area (Å²) in [6.45, 7) is 2.96. The highest BCUT2D eigenvalue weighted by Crippen LogP contribution is 2.57. The van der Waals surface area contributed by atoms with Crippen molar-refractivity contribution < 1.29 is 13.9 Å². The van der Waals surface area contributed by atoms with Crippen LogP contribution in [0, 0.1) is 11.2 Å². The summed E-state index contributed by atoms with van der Waals surface area (Å²) >= 11 is 1.81. The first-order valence-corrected chi connectivity index (χ1v) is 11.3. The molecule has 2 aromatic rings. The summed E-state index contributed by atoms with van der Waals surface area (Å²) < 4.78 is 28.2. The Kier molecular flexibility index (Phi) is 4.41. The number of hydrogen-bond donors (Lipinski definition) is 0. The Bertz CT molecular complexity index is 925. The average molecular weight is 401 g/mol. The second kappa shape index (κ2) is 6.71. The number of nitrogens with zero attached hydrogens (tertiary/aromatic N) is 2. The Morgan fingerprint density at radius 3 is 2.93 bits per heavy atom. The van der Waals surface area contributed by atoms with Crippen LogP contribution < -0.4 is 0 Å². The molecule has 2 unspecified atom stereocenters. The number of hydrogen-bond acceptors (Lipinski definition) is 4. The number of halogens is 1. The van der Waals surface area contributed by atoms with Gasteiger partial charge < -0.3 is 9.47 Å². The van der Waals surface area contributed by atoms with Gasteiger partial charge in [-0.15, -0.1) is 0 Å². The van der Waals surface area contributed by atoms with Gasteiger partial charge in [0.25, 0.3) is 0 Å². The Morgan fingerprint density at radius 1 is 1.32 bits per heavy atom. The van der Waals surface area contributed by atoms with Crippen LogP contribution in [0.1, 0.15) is 37.4 Å². The minimum atomic E-state index is -0.535. The second-order valence-electron chi connectivity index (χ2n) is 8.23. The molecule has 0 N–H and O–H groups in total. The van der Waals surface area contributed by atoms with Gasteiger partial charge in [-0.05, 0) is 61.4 Å². The molecule has 1 spiro atoms. The molecule has 2 aliphatic carbocycles. The van der Waals surface area contributed by atoms with E-state index in [2.05, 4.69) is 24.4 Å². The van der Waals surface area contributed by atoms with Crippen LogP contribution >= 0.6 is 11.8 Å². The van der Waals surface area contributed by atoms with Crippen LogP contribution in [0.4, 0.5) is 4.39 Å². The first-order valence-electron chi connectivity index (χ1n) is 9.89. The van der Waals surface area contributed by atoms with Gasteiger partial charge in [0.1, 0.15) is 5.82 Å². The maximum atomic E-state index is 13.3. The molecule has 1 saturated carbocycles. The van der Waals surface area contributed by atoms with Crippen molar-refractivity contribution in [1.29, 1.82) is 0 Å². The average Bonchev–Trinajstić information content (AvgIpc) is 3.27. The molecule has 1 aliphatic heterocycles. The van der Waals surface area contributed by atoms with E-state index in [-0.39, 0.29) is 17.3 Å². The lowest BCUT2D eigenvalue weighted by Crippen LogP contribution is -2.53. The Morgan fingerprint density at radius 2 is 2.14 bits per heavy atom. The molecule has 5 rings (SSSR count). The van der Waals surface area contributed by atoms with E-state index in [9.17, 15) is 4.39 Å². The maximum absolute atomic E-state index is 13.3. The van der Waals surface area contributed by atoms with Crippen LogP contribution in [-0.2, 0) is 15.9 Å². The van der Waals surface area contributed by atoms with Gasteiger partial charge in [0.2, 0.25) is 0 Å². The van der Waals surface area contributed by atoms with Gasteiger partial charge in [0.15, 0.2) is 5.79 Å². The standard InChI is InChI=1S/C22H25FN2O2S/c1-21-11-15-12-24-25(18-7-5-17(23)6-8-18)20(15)10-16(21)4-3-9-22(21)26-13-19(27-22)14-28-2/h5-8,10,12,19H,3-4,9,11,13-14H2,1-2H3/t19?,21-,22?/m0/s1. The number of thioether (sulfide) groups is 1. The maximum Gasteiger partial charge on any atom is 0.178 e. The predicted molar refractivity (Wildman–Crippen MR) is 109 cm³/mol. The van der Waals surface area contributed by atoms with Gasteiger partial charge in [0, 0.05) is 17.6 Å². The van der Waals surface area contributed by atoms with Crippen molar-refractivity contribution in [3.8, 4) is 5.69 Å². The molecule has 1 saturated heterocycles. The van der Waals surface area contributed by atoms with Gasteiger partial charge in [-0.25, -0.2) is 9.07 Å². The van der Waals surface area contributed by atoms with Crippen LogP contribution in [0.3, 0.4) is 0 Å². The van der Waals surface area contributed by atoms with E-state index in [1.54, 1.807) is 23.9 Å². The second-order valence-corrected chi connectivity index (χ2v) is 9.15. The van der Waals surface area contributed by atoms with E-state index in [0.29, 0.717) is 6.61 Å². The summed E-state index contributed by atoms with van der Waals surface area (Å²) in [4.78, 5) is 0. The van der Waals surface area contributed by atoms with Crippen molar-refractivity contribution in [2.24, 2.45) is 5.41 Å². The van der Waals surface area contributed by atoms with E-state index >= 15 is 0 Å². The highest BCUT2D eigenvalue weighted by atomic mass is 32.2. The van der Waals surface area contributed by atoms with Gasteiger partial charge in [-0.2, -0.15) is 16.9 Å². The highest BCUT2D eigenvalue weighted by molar-refractivity contribution is 7.98. The van der Waals surface area contributed by atoms with Crippen molar-refractivity contribution in [3.05, 3.63) is 53.1 Å². The fourth-order valence-electron chi connectivity index (χ4n) is 5.06. The van der Waals surface area contributed by atoms with Crippen LogP contribution in [-0.4, -0.2) is 40.3 Å². The fraction of sp³-hybridized carbons (Fsp3) is 0.500. The first-order chi connectivity index (χ1) is 13.5. The molecule has 3 aliphatic rings. The zero-order valence-electron chi connectivity index (χ0n) is 16.3. The van der Waals surface area contributed by atoms with Crippen LogP contribution in [0.15, 0.2) is 36.0 Å². The Hall–Kier alpha value is -1.63. The fourth-order valence-corrected chi connectivity index (χ4v) is 5.59. The topological polar surface area (TPSA) is 36.3 Å². The molecular formula is C22H25FN2O2S. The zero-order valence-corrected chi connectivity index (χ0v) is 17.1. The van der Waals surface area contributed by atoms with Gasteiger partial charge >= 0.3 is 0 Å². The normalized spacial score (nSPS) is 31.5. The molecule has 148 valence electrons. The van der Waals surface area contributed by atoms with E-state index in [1.165, 1.54) is 23.3 Å². The molecule has 3 atom stereocenters. The smallest absolute Gasteiger partial charge is 0.178 e. The minimum Gasteiger partial charge on any atom is -0.346 e. The van der Waals surface area contributed by atoms with Crippen molar-refractivity contribution in [1.82, 2.24) is 9.78 Å². The molecule has 6 heteroatoms. The first kappa shape index (κ1) is 18.4. The number of aromatic nitrogens is 2. The number of ether oxygens (including phenoxy) is 2. The van der Waals surface area contributed by atoms with Crippen LogP contribution in [0.5, 0.6) is 0 Å². The quantitative estimate of drug-likeness (QED) is 0.754. The van der Waals surface area contributed by atoms with Gasteiger partial charge in [-0.1, -0.05) is 12.5 Å². The van der Waals surface area contributed by atoms with Crippen LogP contribution in [0.2, 0.25) is 0 Å². The molecule has 2 fully saturated rings. The molecule has 4 nitrogen and oxygen atoms in total. The lowest BCUT2D eigenvalue weighted by atomic mass is 9.62.